The standard InChI is InChI=1S/C13H14N2O2/c1-13(16,10-4-3-7-14-8-10)11-5-6-12(17-2)15-9-11/h3-9,16H,1-2H3/t13-/m0/s1. The van der Waals surface area contributed by atoms with Crippen LogP contribution in [0.4, 0.5) is 0 Å². The number of aromatic nitrogens is 2. The van der Waals surface area contributed by atoms with Gasteiger partial charge in [-0.3, -0.25) is 4.98 Å². The van der Waals surface area contributed by atoms with E-state index in [9.17, 15) is 5.11 Å². The Kier molecular flexibility index (Phi) is 3.06. The fourth-order valence-corrected chi connectivity index (χ4v) is 1.61. The Balaban J connectivity index is 2.37. The van der Waals surface area contributed by atoms with Crippen molar-refractivity contribution in [1.82, 2.24) is 9.97 Å². The van der Waals surface area contributed by atoms with Gasteiger partial charge >= 0.3 is 0 Å². The fourth-order valence-electron chi connectivity index (χ4n) is 1.61. The summed E-state index contributed by atoms with van der Waals surface area (Å²) in [6.45, 7) is 1.72. The minimum absolute atomic E-state index is 0.524. The maximum absolute atomic E-state index is 10.5. The Labute approximate surface area is 99.9 Å². The van der Waals surface area contributed by atoms with Crippen LogP contribution in [0.2, 0.25) is 0 Å². The summed E-state index contributed by atoms with van der Waals surface area (Å²) in [6, 6.07) is 7.14. The van der Waals surface area contributed by atoms with E-state index in [1.807, 2.05) is 6.07 Å². The molecule has 1 atom stereocenters. The molecule has 2 heterocycles. The van der Waals surface area contributed by atoms with Gasteiger partial charge in [0.15, 0.2) is 0 Å². The molecule has 2 rings (SSSR count). The van der Waals surface area contributed by atoms with Crippen LogP contribution < -0.4 is 4.74 Å². The summed E-state index contributed by atoms with van der Waals surface area (Å²) < 4.78 is 4.98. The molecule has 4 nitrogen and oxygen atoms in total. The predicted octanol–water partition coefficient (Wildman–Crippen LogP) is 1.74. The van der Waals surface area contributed by atoms with Gasteiger partial charge in [0.05, 0.1) is 7.11 Å². The molecule has 88 valence electrons. The molecule has 0 spiro atoms. The highest BCUT2D eigenvalue weighted by atomic mass is 16.5. The first-order valence-corrected chi connectivity index (χ1v) is 5.28. The fraction of sp³-hybridized carbons (Fsp3) is 0.231. The van der Waals surface area contributed by atoms with E-state index in [0.29, 0.717) is 11.4 Å². The number of pyridine rings is 2. The zero-order valence-corrected chi connectivity index (χ0v) is 9.79. The molecule has 1 N–H and O–H groups in total. The van der Waals surface area contributed by atoms with Crippen molar-refractivity contribution in [2.75, 3.05) is 7.11 Å². The lowest BCUT2D eigenvalue weighted by Crippen LogP contribution is -2.23. The van der Waals surface area contributed by atoms with Crippen LogP contribution in [0.3, 0.4) is 0 Å². The minimum Gasteiger partial charge on any atom is -0.481 e. The average Bonchev–Trinajstić information content (AvgIpc) is 2.40. The third-order valence-corrected chi connectivity index (χ3v) is 2.73. The summed E-state index contributed by atoms with van der Waals surface area (Å²) in [7, 11) is 1.56. The molecule has 17 heavy (non-hydrogen) atoms. The van der Waals surface area contributed by atoms with E-state index in [-0.39, 0.29) is 0 Å². The molecule has 4 heteroatoms. The van der Waals surface area contributed by atoms with Crippen LogP contribution in [0.15, 0.2) is 42.9 Å². The van der Waals surface area contributed by atoms with E-state index >= 15 is 0 Å². The normalized spacial score (nSPS) is 14.1. The number of aliphatic hydroxyl groups is 1. The van der Waals surface area contributed by atoms with Crippen LogP contribution in [0.5, 0.6) is 5.88 Å². The van der Waals surface area contributed by atoms with Crippen molar-refractivity contribution >= 4 is 0 Å². The van der Waals surface area contributed by atoms with Crippen LogP contribution in [0, 0.1) is 0 Å². The lowest BCUT2D eigenvalue weighted by molar-refractivity contribution is 0.101. The Morgan fingerprint density at radius 1 is 1.18 bits per heavy atom. The molecule has 2 aromatic heterocycles. The van der Waals surface area contributed by atoms with Gasteiger partial charge in [0.2, 0.25) is 5.88 Å². The van der Waals surface area contributed by atoms with E-state index in [0.717, 1.165) is 5.56 Å². The molecular weight excluding hydrogens is 216 g/mol. The Morgan fingerprint density at radius 3 is 2.47 bits per heavy atom. The van der Waals surface area contributed by atoms with E-state index in [1.165, 1.54) is 0 Å². The van der Waals surface area contributed by atoms with Gasteiger partial charge in [0, 0.05) is 35.8 Å². The van der Waals surface area contributed by atoms with Crippen LogP contribution in [-0.2, 0) is 5.60 Å². The molecule has 0 saturated heterocycles. The van der Waals surface area contributed by atoms with Crippen LogP contribution in [0.1, 0.15) is 18.1 Å². The molecule has 0 aromatic carbocycles. The average molecular weight is 230 g/mol. The first kappa shape index (κ1) is 11.5. The Hall–Kier alpha value is -1.94. The van der Waals surface area contributed by atoms with E-state index < -0.39 is 5.60 Å². The number of rotatable bonds is 3. The highest BCUT2D eigenvalue weighted by Gasteiger charge is 2.26. The molecular formula is C13H14N2O2. The zero-order chi connectivity index (χ0) is 12.3. The van der Waals surface area contributed by atoms with Gasteiger partial charge in [0.1, 0.15) is 5.60 Å². The third-order valence-electron chi connectivity index (χ3n) is 2.73. The smallest absolute Gasteiger partial charge is 0.212 e. The number of ether oxygens (including phenoxy) is 1. The second-order valence-corrected chi connectivity index (χ2v) is 3.90. The highest BCUT2D eigenvalue weighted by Crippen LogP contribution is 2.28. The van der Waals surface area contributed by atoms with Crippen LogP contribution in [0.25, 0.3) is 0 Å². The Morgan fingerprint density at radius 2 is 1.94 bits per heavy atom. The first-order chi connectivity index (χ1) is 8.14. The van der Waals surface area contributed by atoms with Crippen LogP contribution in [-0.4, -0.2) is 22.2 Å². The van der Waals surface area contributed by atoms with E-state index in [1.54, 1.807) is 50.8 Å². The van der Waals surface area contributed by atoms with Crippen molar-refractivity contribution in [3.63, 3.8) is 0 Å². The van der Waals surface area contributed by atoms with Crippen molar-refractivity contribution in [3.05, 3.63) is 54.0 Å². The molecule has 0 radical (unpaired) electrons. The highest BCUT2D eigenvalue weighted by molar-refractivity contribution is 5.33. The SMILES string of the molecule is COc1ccc([C@@](C)(O)c2cccnc2)cn1. The summed E-state index contributed by atoms with van der Waals surface area (Å²) in [5, 5.41) is 10.5. The van der Waals surface area contributed by atoms with Gasteiger partial charge in [-0.25, -0.2) is 4.98 Å². The van der Waals surface area contributed by atoms with Crippen molar-refractivity contribution in [2.45, 2.75) is 12.5 Å². The lowest BCUT2D eigenvalue weighted by Gasteiger charge is -2.23. The van der Waals surface area contributed by atoms with Crippen molar-refractivity contribution in [3.8, 4) is 5.88 Å². The molecule has 0 bridgehead atoms. The summed E-state index contributed by atoms with van der Waals surface area (Å²) in [6.07, 6.45) is 4.92. The van der Waals surface area contributed by atoms with Gasteiger partial charge < -0.3 is 9.84 Å². The van der Waals surface area contributed by atoms with Gasteiger partial charge in [-0.05, 0) is 19.1 Å². The summed E-state index contributed by atoms with van der Waals surface area (Å²) >= 11 is 0. The molecule has 0 aliphatic carbocycles. The minimum atomic E-state index is -1.10. The molecule has 2 aromatic rings. The predicted molar refractivity (Wildman–Crippen MR) is 63.7 cm³/mol. The maximum Gasteiger partial charge on any atom is 0.212 e. The van der Waals surface area contributed by atoms with Crippen molar-refractivity contribution in [1.29, 1.82) is 0 Å². The van der Waals surface area contributed by atoms with Gasteiger partial charge in [-0.15, -0.1) is 0 Å². The summed E-state index contributed by atoms with van der Waals surface area (Å²) in [5.41, 5.74) is 0.325. The quantitative estimate of drug-likeness (QED) is 0.872. The number of methoxy groups -OCH3 is 1. The molecule has 0 saturated carbocycles. The topological polar surface area (TPSA) is 55.2 Å². The zero-order valence-electron chi connectivity index (χ0n) is 9.79. The molecule has 0 fully saturated rings. The summed E-state index contributed by atoms with van der Waals surface area (Å²) in [4.78, 5) is 8.09. The maximum atomic E-state index is 10.5. The van der Waals surface area contributed by atoms with Gasteiger partial charge in [-0.2, -0.15) is 0 Å². The second kappa shape index (κ2) is 4.51. The van der Waals surface area contributed by atoms with Crippen LogP contribution >= 0.6 is 0 Å². The number of nitrogens with zero attached hydrogens (tertiary/aromatic N) is 2. The van der Waals surface area contributed by atoms with E-state index in [2.05, 4.69) is 9.97 Å². The second-order valence-electron chi connectivity index (χ2n) is 3.90. The molecule has 0 amide bonds. The third kappa shape index (κ3) is 2.26. The van der Waals surface area contributed by atoms with Crippen molar-refractivity contribution in [2.24, 2.45) is 0 Å². The molecule has 0 aliphatic heterocycles. The summed E-state index contributed by atoms with van der Waals surface area (Å²) in [5.74, 6) is 0.524. The largest absolute Gasteiger partial charge is 0.481 e. The monoisotopic (exact) mass is 230 g/mol. The lowest BCUT2D eigenvalue weighted by atomic mass is 9.90. The Bertz CT molecular complexity index is 481. The van der Waals surface area contributed by atoms with E-state index in [4.69, 9.17) is 4.74 Å². The van der Waals surface area contributed by atoms with Gasteiger partial charge in [0.25, 0.3) is 0 Å². The number of hydrogen-bond acceptors (Lipinski definition) is 4. The first-order valence-electron chi connectivity index (χ1n) is 5.28. The van der Waals surface area contributed by atoms with Crippen molar-refractivity contribution < 1.29 is 9.84 Å². The number of hydrogen-bond donors (Lipinski definition) is 1. The van der Waals surface area contributed by atoms with Gasteiger partial charge in [-0.1, -0.05) is 6.07 Å². The molecule has 0 aliphatic rings. The molecule has 0 unspecified atom stereocenters.